The van der Waals surface area contributed by atoms with Crippen molar-refractivity contribution >= 4 is 29.5 Å². The lowest BCUT2D eigenvalue weighted by Crippen LogP contribution is -2.63. The van der Waals surface area contributed by atoms with Crippen LogP contribution >= 0.6 is 0 Å². The third-order valence-corrected chi connectivity index (χ3v) is 8.77. The van der Waals surface area contributed by atoms with Crippen LogP contribution in [0.3, 0.4) is 0 Å². The molecule has 3 N–H and O–H groups in total. The average molecular weight is 542 g/mol. The monoisotopic (exact) mass is 541 g/mol. The fraction of sp³-hybridized carbons (Fsp3) is 0.643. The molecule has 2 spiro atoms. The lowest BCUT2D eigenvalue weighted by Gasteiger charge is -2.44. The van der Waals surface area contributed by atoms with Crippen LogP contribution in [-0.2, 0) is 19.1 Å². The Morgan fingerprint density at radius 2 is 1.85 bits per heavy atom. The molecule has 1 aromatic rings. The molecule has 4 amide bonds. The molecule has 4 aliphatic rings. The molecule has 1 aromatic carbocycles. The molecule has 0 radical (unpaired) electrons. The number of benzene rings is 1. The SMILES string of the molecule is CN[C@@H]1C[C@]2(CN1C(=O)[C@@H]1CC3(CCN1C(=O)[C@@H](NC(=O)OC)C(C)(C)C)CC3)Oc1ccccc1NC2=O. The quantitative estimate of drug-likeness (QED) is 0.532. The number of fused-ring (bicyclic) bond motifs is 1. The van der Waals surface area contributed by atoms with Crippen LogP contribution in [0, 0.1) is 10.8 Å². The maximum atomic E-state index is 14.3. The van der Waals surface area contributed by atoms with Gasteiger partial charge in [-0.05, 0) is 55.7 Å². The minimum absolute atomic E-state index is 0.0617. The molecule has 4 atom stereocenters. The van der Waals surface area contributed by atoms with E-state index >= 15 is 0 Å². The summed E-state index contributed by atoms with van der Waals surface area (Å²) < 4.78 is 11.1. The van der Waals surface area contributed by atoms with Crippen molar-refractivity contribution in [1.29, 1.82) is 0 Å². The van der Waals surface area contributed by atoms with E-state index in [2.05, 4.69) is 16.0 Å². The van der Waals surface area contributed by atoms with Crippen molar-refractivity contribution in [2.24, 2.45) is 10.8 Å². The molecule has 1 aliphatic carbocycles. The summed E-state index contributed by atoms with van der Waals surface area (Å²) in [6, 6.07) is 5.66. The van der Waals surface area contributed by atoms with Gasteiger partial charge in [0.25, 0.3) is 5.91 Å². The molecular weight excluding hydrogens is 502 g/mol. The number of hydrogen-bond donors (Lipinski definition) is 3. The maximum absolute atomic E-state index is 14.3. The van der Waals surface area contributed by atoms with Gasteiger partial charge in [-0.2, -0.15) is 0 Å². The van der Waals surface area contributed by atoms with Crippen molar-refractivity contribution in [2.45, 2.75) is 76.7 Å². The Hall–Kier alpha value is -3.34. The maximum Gasteiger partial charge on any atom is 0.407 e. The van der Waals surface area contributed by atoms with Gasteiger partial charge in [-0.3, -0.25) is 14.4 Å². The second-order valence-electron chi connectivity index (χ2n) is 12.5. The number of anilines is 1. The third kappa shape index (κ3) is 4.92. The fourth-order valence-electron chi connectivity index (χ4n) is 6.19. The van der Waals surface area contributed by atoms with Crippen molar-refractivity contribution in [1.82, 2.24) is 20.4 Å². The van der Waals surface area contributed by atoms with E-state index in [1.54, 1.807) is 29.0 Å². The van der Waals surface area contributed by atoms with Crippen LogP contribution < -0.4 is 20.7 Å². The van der Waals surface area contributed by atoms with Gasteiger partial charge in [0.1, 0.15) is 17.8 Å². The molecule has 5 rings (SSSR count). The van der Waals surface area contributed by atoms with E-state index in [1.165, 1.54) is 7.11 Å². The summed E-state index contributed by atoms with van der Waals surface area (Å²) in [7, 11) is 3.01. The zero-order chi connectivity index (χ0) is 28.2. The molecule has 3 heterocycles. The van der Waals surface area contributed by atoms with E-state index in [0.29, 0.717) is 24.4 Å². The highest BCUT2D eigenvalue weighted by Crippen LogP contribution is 2.55. The molecule has 212 valence electrons. The van der Waals surface area contributed by atoms with E-state index in [1.807, 2.05) is 32.9 Å². The van der Waals surface area contributed by atoms with Crippen molar-refractivity contribution < 1.29 is 28.7 Å². The third-order valence-electron chi connectivity index (χ3n) is 8.77. The first-order valence-electron chi connectivity index (χ1n) is 13.6. The van der Waals surface area contributed by atoms with Gasteiger partial charge in [-0.15, -0.1) is 0 Å². The summed E-state index contributed by atoms with van der Waals surface area (Å²) in [6.07, 6.45) is 2.57. The topological polar surface area (TPSA) is 129 Å². The van der Waals surface area contributed by atoms with Crippen LogP contribution in [0.15, 0.2) is 24.3 Å². The van der Waals surface area contributed by atoms with Gasteiger partial charge >= 0.3 is 6.09 Å². The smallest absolute Gasteiger partial charge is 0.407 e. The van der Waals surface area contributed by atoms with Crippen molar-refractivity contribution in [3.05, 3.63) is 24.3 Å². The normalized spacial score (nSPS) is 27.9. The molecule has 11 heteroatoms. The van der Waals surface area contributed by atoms with Crippen LogP contribution in [-0.4, -0.2) is 84.7 Å². The molecule has 0 unspecified atom stereocenters. The first-order valence-corrected chi connectivity index (χ1v) is 13.6. The minimum Gasteiger partial charge on any atom is -0.473 e. The van der Waals surface area contributed by atoms with Crippen LogP contribution in [0.1, 0.15) is 52.9 Å². The zero-order valence-electron chi connectivity index (χ0n) is 23.3. The van der Waals surface area contributed by atoms with Gasteiger partial charge in [-0.1, -0.05) is 32.9 Å². The zero-order valence-corrected chi connectivity index (χ0v) is 23.3. The van der Waals surface area contributed by atoms with Gasteiger partial charge in [0.15, 0.2) is 0 Å². The second kappa shape index (κ2) is 9.69. The van der Waals surface area contributed by atoms with Crippen LogP contribution in [0.2, 0.25) is 0 Å². The van der Waals surface area contributed by atoms with E-state index in [9.17, 15) is 19.2 Å². The minimum atomic E-state index is -1.24. The standard InChI is InChI=1S/C28H39N5O6/c1-26(2,3)21(31-25(37)38-5)23(35)32-13-12-27(10-11-27)14-18(32)22(34)33-16-28(15-20(33)29-4)24(36)30-17-8-6-7-9-19(17)39-28/h6-9,18,20-21,29H,10-16H2,1-5H3,(H,30,36)(H,31,37)/t18-,20-,21+,28+/m0/s1. The lowest BCUT2D eigenvalue weighted by molar-refractivity contribution is -0.153. The molecule has 2 saturated heterocycles. The first-order chi connectivity index (χ1) is 18.4. The molecule has 0 aromatic heterocycles. The molecule has 11 nitrogen and oxygen atoms in total. The summed E-state index contributed by atoms with van der Waals surface area (Å²) in [4.78, 5) is 57.0. The summed E-state index contributed by atoms with van der Waals surface area (Å²) in [5.74, 6) is -0.250. The summed E-state index contributed by atoms with van der Waals surface area (Å²) >= 11 is 0. The van der Waals surface area contributed by atoms with E-state index in [4.69, 9.17) is 9.47 Å². The van der Waals surface area contributed by atoms with Gasteiger partial charge in [0, 0.05) is 13.0 Å². The van der Waals surface area contributed by atoms with E-state index in [0.717, 1.165) is 19.3 Å². The Morgan fingerprint density at radius 1 is 1.13 bits per heavy atom. The largest absolute Gasteiger partial charge is 0.473 e. The van der Waals surface area contributed by atoms with Gasteiger partial charge < -0.3 is 35.2 Å². The predicted molar refractivity (Wildman–Crippen MR) is 143 cm³/mol. The van der Waals surface area contributed by atoms with Crippen molar-refractivity contribution in [2.75, 3.05) is 32.6 Å². The van der Waals surface area contributed by atoms with Crippen molar-refractivity contribution in [3.8, 4) is 5.75 Å². The number of ether oxygens (including phenoxy) is 2. The Bertz CT molecular complexity index is 1180. The second-order valence-corrected chi connectivity index (χ2v) is 12.5. The Morgan fingerprint density at radius 3 is 2.49 bits per heavy atom. The number of methoxy groups -OCH3 is 1. The lowest BCUT2D eigenvalue weighted by atomic mass is 9.82. The number of carbonyl (C=O) groups excluding carboxylic acids is 4. The number of likely N-dealkylation sites (tertiary alicyclic amines) is 2. The van der Waals surface area contributed by atoms with Gasteiger partial charge in [0.2, 0.25) is 17.4 Å². The number of nitrogens with one attached hydrogen (secondary N) is 3. The van der Waals surface area contributed by atoms with Gasteiger partial charge in [0.05, 0.1) is 25.5 Å². The van der Waals surface area contributed by atoms with Crippen LogP contribution in [0.5, 0.6) is 5.75 Å². The summed E-state index contributed by atoms with van der Waals surface area (Å²) in [6.45, 7) is 6.09. The molecule has 3 fully saturated rings. The summed E-state index contributed by atoms with van der Waals surface area (Å²) in [5, 5.41) is 8.80. The number of alkyl carbamates (subject to hydrolysis) is 1. The van der Waals surface area contributed by atoms with E-state index < -0.39 is 35.4 Å². The highest BCUT2D eigenvalue weighted by Gasteiger charge is 2.58. The predicted octanol–water partition coefficient (Wildman–Crippen LogP) is 2.08. The Balaban J connectivity index is 1.43. The Kier molecular flexibility index (Phi) is 6.77. The fourth-order valence-corrected chi connectivity index (χ4v) is 6.19. The molecule has 3 aliphatic heterocycles. The van der Waals surface area contributed by atoms with E-state index in [-0.39, 0.29) is 36.1 Å². The average Bonchev–Trinajstić information content (AvgIpc) is 3.55. The number of carbonyl (C=O) groups is 4. The number of para-hydroxylation sites is 2. The van der Waals surface area contributed by atoms with Gasteiger partial charge in [-0.25, -0.2) is 4.79 Å². The molecule has 1 saturated carbocycles. The first kappa shape index (κ1) is 27.2. The number of piperidine rings is 1. The number of hydrogen-bond acceptors (Lipinski definition) is 7. The number of rotatable bonds is 4. The Labute approximate surface area is 228 Å². The number of nitrogens with zero attached hydrogens (tertiary/aromatic N) is 2. The molecule has 0 bridgehead atoms. The van der Waals surface area contributed by atoms with Crippen LogP contribution in [0.25, 0.3) is 0 Å². The van der Waals surface area contributed by atoms with Crippen molar-refractivity contribution in [3.63, 3.8) is 0 Å². The highest BCUT2D eigenvalue weighted by molar-refractivity contribution is 6.02. The molecular formula is C28H39N5O6. The molecule has 39 heavy (non-hydrogen) atoms. The van der Waals surface area contributed by atoms with Crippen LogP contribution in [0.4, 0.5) is 10.5 Å². The number of amides is 4. The summed E-state index contributed by atoms with van der Waals surface area (Å²) in [5.41, 5.74) is -1.18. The highest BCUT2D eigenvalue weighted by atomic mass is 16.5.